The Balaban J connectivity index is 0. The Kier molecular flexibility index (Phi) is 9.93. The van der Waals surface area contributed by atoms with Gasteiger partial charge in [-0.15, -0.1) is 24.8 Å². The molecule has 2 N–H and O–H groups in total. The molecule has 0 aliphatic heterocycles. The SMILES string of the molecule is Cl.Cl.NC/C=C/c1cccnc1. The summed E-state index contributed by atoms with van der Waals surface area (Å²) >= 11 is 0. The Hall–Kier alpha value is -0.570. The Morgan fingerprint density at radius 2 is 2.17 bits per heavy atom. The monoisotopic (exact) mass is 206 g/mol. The molecule has 0 amide bonds. The first-order valence-electron chi connectivity index (χ1n) is 3.20. The molecule has 0 saturated carbocycles. The van der Waals surface area contributed by atoms with Gasteiger partial charge in [-0.05, 0) is 11.6 Å². The normalized spacial score (nSPS) is 8.75. The summed E-state index contributed by atoms with van der Waals surface area (Å²) in [6, 6.07) is 3.88. The third-order valence-corrected chi connectivity index (χ3v) is 1.13. The number of hydrogen-bond acceptors (Lipinski definition) is 2. The number of nitrogens with zero attached hydrogens (tertiary/aromatic N) is 1. The zero-order valence-electron chi connectivity index (χ0n) is 6.51. The molecular weight excluding hydrogens is 195 g/mol. The Labute approximate surface area is 84.7 Å². The van der Waals surface area contributed by atoms with Crippen LogP contribution in [0.2, 0.25) is 0 Å². The first-order chi connectivity index (χ1) is 4.93. The van der Waals surface area contributed by atoms with Gasteiger partial charge >= 0.3 is 0 Å². The topological polar surface area (TPSA) is 38.9 Å². The van der Waals surface area contributed by atoms with Crippen molar-refractivity contribution in [3.8, 4) is 0 Å². The second-order valence-corrected chi connectivity index (χ2v) is 1.92. The molecule has 0 fully saturated rings. The van der Waals surface area contributed by atoms with Crippen LogP contribution in [0.25, 0.3) is 6.08 Å². The van der Waals surface area contributed by atoms with Gasteiger partial charge in [0.2, 0.25) is 0 Å². The van der Waals surface area contributed by atoms with Crippen molar-refractivity contribution < 1.29 is 0 Å². The van der Waals surface area contributed by atoms with Crippen LogP contribution in [0.3, 0.4) is 0 Å². The van der Waals surface area contributed by atoms with Crippen LogP contribution in [0.15, 0.2) is 30.6 Å². The smallest absolute Gasteiger partial charge is 0.0340 e. The lowest BCUT2D eigenvalue weighted by molar-refractivity contribution is 1.26. The highest BCUT2D eigenvalue weighted by Crippen LogP contribution is 1.96. The highest BCUT2D eigenvalue weighted by molar-refractivity contribution is 5.85. The van der Waals surface area contributed by atoms with E-state index in [1.807, 2.05) is 24.3 Å². The van der Waals surface area contributed by atoms with E-state index in [0.717, 1.165) is 5.56 Å². The quantitative estimate of drug-likeness (QED) is 0.804. The van der Waals surface area contributed by atoms with Crippen LogP contribution in [0.1, 0.15) is 5.56 Å². The van der Waals surface area contributed by atoms with Gasteiger partial charge < -0.3 is 5.73 Å². The van der Waals surface area contributed by atoms with E-state index in [0.29, 0.717) is 6.54 Å². The van der Waals surface area contributed by atoms with E-state index in [2.05, 4.69) is 4.98 Å². The molecule has 0 aliphatic rings. The van der Waals surface area contributed by atoms with Crippen LogP contribution in [0, 0.1) is 0 Å². The molecule has 2 nitrogen and oxygen atoms in total. The molecule has 0 aromatic carbocycles. The fourth-order valence-corrected chi connectivity index (χ4v) is 0.679. The number of aromatic nitrogens is 1. The van der Waals surface area contributed by atoms with Crippen molar-refractivity contribution in [1.29, 1.82) is 0 Å². The lowest BCUT2D eigenvalue weighted by Crippen LogP contribution is -1.91. The Morgan fingerprint density at radius 1 is 1.42 bits per heavy atom. The summed E-state index contributed by atoms with van der Waals surface area (Å²) in [5.74, 6) is 0. The average molecular weight is 207 g/mol. The van der Waals surface area contributed by atoms with Crippen molar-refractivity contribution in [2.24, 2.45) is 5.73 Å². The summed E-state index contributed by atoms with van der Waals surface area (Å²) in [5, 5.41) is 0. The molecule has 0 aliphatic carbocycles. The van der Waals surface area contributed by atoms with Crippen LogP contribution in [0.5, 0.6) is 0 Å². The lowest BCUT2D eigenvalue weighted by Gasteiger charge is -1.87. The van der Waals surface area contributed by atoms with Crippen LogP contribution >= 0.6 is 24.8 Å². The number of nitrogens with two attached hydrogens (primary N) is 1. The fourth-order valence-electron chi connectivity index (χ4n) is 0.679. The molecular formula is C8H12Cl2N2. The van der Waals surface area contributed by atoms with Crippen molar-refractivity contribution in [1.82, 2.24) is 4.98 Å². The van der Waals surface area contributed by atoms with Gasteiger partial charge in [0.1, 0.15) is 0 Å². The van der Waals surface area contributed by atoms with E-state index in [1.165, 1.54) is 0 Å². The number of hydrogen-bond donors (Lipinski definition) is 1. The maximum atomic E-state index is 5.27. The third-order valence-electron chi connectivity index (χ3n) is 1.13. The predicted octanol–water partition coefficient (Wildman–Crippen LogP) is 1.90. The maximum Gasteiger partial charge on any atom is 0.0340 e. The summed E-state index contributed by atoms with van der Waals surface area (Å²) in [6.07, 6.45) is 7.40. The molecule has 0 spiro atoms. The third kappa shape index (κ3) is 5.13. The number of rotatable bonds is 2. The lowest BCUT2D eigenvalue weighted by atomic mass is 10.3. The van der Waals surface area contributed by atoms with Crippen molar-refractivity contribution in [3.63, 3.8) is 0 Å². The van der Waals surface area contributed by atoms with Gasteiger partial charge in [0, 0.05) is 18.9 Å². The van der Waals surface area contributed by atoms with Crippen molar-refractivity contribution in [3.05, 3.63) is 36.2 Å². The molecule has 68 valence electrons. The van der Waals surface area contributed by atoms with Crippen LogP contribution in [-0.4, -0.2) is 11.5 Å². The Bertz CT molecular complexity index is 212. The van der Waals surface area contributed by atoms with E-state index >= 15 is 0 Å². The van der Waals surface area contributed by atoms with Gasteiger partial charge in [-0.2, -0.15) is 0 Å². The minimum atomic E-state index is 0. The predicted molar refractivity (Wildman–Crippen MR) is 56.8 cm³/mol. The summed E-state index contributed by atoms with van der Waals surface area (Å²) in [5.41, 5.74) is 6.36. The van der Waals surface area contributed by atoms with Crippen molar-refractivity contribution in [2.75, 3.05) is 6.54 Å². The van der Waals surface area contributed by atoms with Crippen LogP contribution in [0.4, 0.5) is 0 Å². The molecule has 12 heavy (non-hydrogen) atoms. The second-order valence-electron chi connectivity index (χ2n) is 1.92. The standard InChI is InChI=1S/C8H10N2.2ClH/c9-5-1-3-8-4-2-6-10-7-8;;/h1-4,6-7H,5,9H2;2*1H/b3-1+;;. The van der Waals surface area contributed by atoms with E-state index in [1.54, 1.807) is 12.4 Å². The molecule has 0 unspecified atom stereocenters. The largest absolute Gasteiger partial charge is 0.327 e. The van der Waals surface area contributed by atoms with Crippen LogP contribution in [-0.2, 0) is 0 Å². The maximum absolute atomic E-state index is 5.27. The fraction of sp³-hybridized carbons (Fsp3) is 0.125. The van der Waals surface area contributed by atoms with Gasteiger partial charge in [0.15, 0.2) is 0 Å². The minimum Gasteiger partial charge on any atom is -0.327 e. The summed E-state index contributed by atoms with van der Waals surface area (Å²) in [7, 11) is 0. The second kappa shape index (κ2) is 8.53. The zero-order valence-corrected chi connectivity index (χ0v) is 8.15. The summed E-state index contributed by atoms with van der Waals surface area (Å²) in [4.78, 5) is 3.95. The van der Waals surface area contributed by atoms with Crippen LogP contribution < -0.4 is 5.73 Å². The van der Waals surface area contributed by atoms with E-state index in [4.69, 9.17) is 5.73 Å². The molecule has 0 bridgehead atoms. The van der Waals surface area contributed by atoms with Gasteiger partial charge in [-0.25, -0.2) is 0 Å². The molecule has 0 saturated heterocycles. The molecule has 1 aromatic rings. The van der Waals surface area contributed by atoms with Gasteiger partial charge in [-0.3, -0.25) is 4.98 Å². The number of pyridine rings is 1. The molecule has 0 radical (unpaired) electrons. The van der Waals surface area contributed by atoms with Gasteiger partial charge in [0.05, 0.1) is 0 Å². The molecule has 4 heteroatoms. The highest BCUT2D eigenvalue weighted by Gasteiger charge is 1.80. The highest BCUT2D eigenvalue weighted by atomic mass is 35.5. The van der Waals surface area contributed by atoms with Crippen molar-refractivity contribution in [2.45, 2.75) is 0 Å². The molecule has 1 rings (SSSR count). The van der Waals surface area contributed by atoms with E-state index in [-0.39, 0.29) is 24.8 Å². The van der Waals surface area contributed by atoms with E-state index in [9.17, 15) is 0 Å². The zero-order chi connectivity index (χ0) is 7.23. The first-order valence-corrected chi connectivity index (χ1v) is 3.20. The molecule has 1 aromatic heterocycles. The number of halogens is 2. The molecule has 1 heterocycles. The van der Waals surface area contributed by atoms with Crippen molar-refractivity contribution >= 4 is 30.9 Å². The minimum absolute atomic E-state index is 0. The van der Waals surface area contributed by atoms with E-state index < -0.39 is 0 Å². The first kappa shape index (κ1) is 14.0. The van der Waals surface area contributed by atoms with Gasteiger partial charge in [0.25, 0.3) is 0 Å². The van der Waals surface area contributed by atoms with Gasteiger partial charge in [-0.1, -0.05) is 18.2 Å². The average Bonchev–Trinajstić information content (AvgIpc) is 2.03. The Morgan fingerprint density at radius 3 is 2.67 bits per heavy atom. The molecule has 0 atom stereocenters. The summed E-state index contributed by atoms with van der Waals surface area (Å²) in [6.45, 7) is 0.578. The summed E-state index contributed by atoms with van der Waals surface area (Å²) < 4.78 is 0.